The van der Waals surface area contributed by atoms with Crippen molar-refractivity contribution in [2.45, 2.75) is 0 Å². The van der Waals surface area contributed by atoms with Gasteiger partial charge in [0.05, 0.1) is 0 Å². The zero-order valence-corrected chi connectivity index (χ0v) is 12.1. The average Bonchev–Trinajstić information content (AvgIpc) is 3.02. The van der Waals surface area contributed by atoms with Crippen LogP contribution >= 0.6 is 38.6 Å². The maximum atomic E-state index is 3.55. The molecular formula is C14H9BrS2. The number of hydrogen-bond donors (Lipinski definition) is 0. The standard InChI is InChI=1S/C14H9BrS2/c15-10-5-6-11(13-3-1-7-16-13)12(9-10)14-4-2-8-17-14/h1-9H. The van der Waals surface area contributed by atoms with Gasteiger partial charge in [0.15, 0.2) is 0 Å². The summed E-state index contributed by atoms with van der Waals surface area (Å²) in [6.45, 7) is 0. The lowest BCUT2D eigenvalue weighted by Gasteiger charge is -2.06. The highest BCUT2D eigenvalue weighted by molar-refractivity contribution is 9.10. The van der Waals surface area contributed by atoms with E-state index < -0.39 is 0 Å². The zero-order chi connectivity index (χ0) is 11.7. The highest BCUT2D eigenvalue weighted by atomic mass is 79.9. The number of halogens is 1. The Kier molecular flexibility index (Phi) is 3.14. The van der Waals surface area contributed by atoms with Crippen LogP contribution in [0, 0.1) is 0 Å². The first-order chi connectivity index (χ1) is 8.34. The Morgan fingerprint density at radius 2 is 1.41 bits per heavy atom. The molecule has 3 aromatic rings. The molecule has 0 N–H and O–H groups in total. The second kappa shape index (κ2) is 4.77. The summed E-state index contributed by atoms with van der Waals surface area (Å²) in [7, 11) is 0. The predicted octanol–water partition coefficient (Wildman–Crippen LogP) is 5.91. The lowest BCUT2D eigenvalue weighted by atomic mass is 10.0. The summed E-state index contributed by atoms with van der Waals surface area (Å²) < 4.78 is 1.13. The minimum Gasteiger partial charge on any atom is -0.144 e. The second-order valence-electron chi connectivity index (χ2n) is 3.64. The van der Waals surface area contributed by atoms with E-state index in [1.54, 1.807) is 22.7 Å². The van der Waals surface area contributed by atoms with Gasteiger partial charge in [-0.25, -0.2) is 0 Å². The number of rotatable bonds is 2. The van der Waals surface area contributed by atoms with E-state index >= 15 is 0 Å². The molecule has 0 spiro atoms. The molecule has 0 atom stereocenters. The Bertz CT molecular complexity index is 610. The summed E-state index contributed by atoms with van der Waals surface area (Å²) in [5, 5.41) is 4.24. The van der Waals surface area contributed by atoms with Gasteiger partial charge in [0.1, 0.15) is 0 Å². The third-order valence-corrected chi connectivity index (χ3v) is 4.85. The van der Waals surface area contributed by atoms with Crippen LogP contribution in [0.25, 0.3) is 20.9 Å². The van der Waals surface area contributed by atoms with Crippen LogP contribution in [0.4, 0.5) is 0 Å². The first-order valence-corrected chi connectivity index (χ1v) is 7.77. The fourth-order valence-corrected chi connectivity index (χ4v) is 3.68. The van der Waals surface area contributed by atoms with Gasteiger partial charge < -0.3 is 0 Å². The molecule has 1 aromatic carbocycles. The van der Waals surface area contributed by atoms with E-state index in [2.05, 4.69) is 69.2 Å². The van der Waals surface area contributed by atoms with E-state index in [1.807, 2.05) is 0 Å². The van der Waals surface area contributed by atoms with Crippen molar-refractivity contribution in [3.8, 4) is 20.9 Å². The minimum absolute atomic E-state index is 1.13. The third-order valence-electron chi connectivity index (χ3n) is 2.55. The van der Waals surface area contributed by atoms with Crippen molar-refractivity contribution in [2.75, 3.05) is 0 Å². The highest BCUT2D eigenvalue weighted by Gasteiger charge is 2.09. The van der Waals surface area contributed by atoms with Crippen molar-refractivity contribution in [3.05, 3.63) is 57.7 Å². The molecule has 2 heterocycles. The Morgan fingerprint density at radius 1 is 0.765 bits per heavy atom. The minimum atomic E-state index is 1.13. The lowest BCUT2D eigenvalue weighted by molar-refractivity contribution is 1.64. The van der Waals surface area contributed by atoms with Crippen molar-refractivity contribution >= 4 is 38.6 Å². The van der Waals surface area contributed by atoms with Crippen molar-refractivity contribution in [2.24, 2.45) is 0 Å². The molecule has 0 unspecified atom stereocenters. The van der Waals surface area contributed by atoms with Gasteiger partial charge in [-0.1, -0.05) is 34.1 Å². The van der Waals surface area contributed by atoms with Crippen LogP contribution < -0.4 is 0 Å². The molecule has 0 aliphatic carbocycles. The van der Waals surface area contributed by atoms with Crippen molar-refractivity contribution < 1.29 is 0 Å². The molecule has 0 fully saturated rings. The molecule has 0 bridgehead atoms. The lowest BCUT2D eigenvalue weighted by Crippen LogP contribution is -1.80. The molecule has 0 saturated carbocycles. The first kappa shape index (κ1) is 11.2. The van der Waals surface area contributed by atoms with Crippen molar-refractivity contribution in [1.82, 2.24) is 0 Å². The van der Waals surface area contributed by atoms with Crippen LogP contribution in [0.2, 0.25) is 0 Å². The maximum absolute atomic E-state index is 3.55. The van der Waals surface area contributed by atoms with Gasteiger partial charge in [-0.3, -0.25) is 0 Å². The molecule has 0 saturated heterocycles. The number of benzene rings is 1. The van der Waals surface area contributed by atoms with E-state index in [0.717, 1.165) is 4.47 Å². The van der Waals surface area contributed by atoms with E-state index in [4.69, 9.17) is 0 Å². The van der Waals surface area contributed by atoms with Crippen LogP contribution in [0.1, 0.15) is 0 Å². The average molecular weight is 321 g/mol. The molecule has 3 rings (SSSR count). The van der Waals surface area contributed by atoms with Crippen LogP contribution in [0.3, 0.4) is 0 Å². The van der Waals surface area contributed by atoms with E-state index in [0.29, 0.717) is 0 Å². The summed E-state index contributed by atoms with van der Waals surface area (Å²) in [5.41, 5.74) is 2.61. The third kappa shape index (κ3) is 2.23. The van der Waals surface area contributed by atoms with Gasteiger partial charge >= 0.3 is 0 Å². The normalized spacial score (nSPS) is 10.6. The van der Waals surface area contributed by atoms with Gasteiger partial charge in [0.2, 0.25) is 0 Å². The zero-order valence-electron chi connectivity index (χ0n) is 8.89. The van der Waals surface area contributed by atoms with Crippen LogP contribution in [0.5, 0.6) is 0 Å². The molecular weight excluding hydrogens is 312 g/mol. The van der Waals surface area contributed by atoms with E-state index in [9.17, 15) is 0 Å². The monoisotopic (exact) mass is 320 g/mol. The van der Waals surface area contributed by atoms with Crippen molar-refractivity contribution in [1.29, 1.82) is 0 Å². The maximum Gasteiger partial charge on any atom is 0.0349 e. The van der Waals surface area contributed by atoms with Crippen LogP contribution in [-0.2, 0) is 0 Å². The van der Waals surface area contributed by atoms with Gasteiger partial charge in [-0.15, -0.1) is 22.7 Å². The Hall–Kier alpha value is -0.900. The summed E-state index contributed by atoms with van der Waals surface area (Å²) in [5.74, 6) is 0. The molecule has 0 amide bonds. The summed E-state index contributed by atoms with van der Waals surface area (Å²) in [6, 6.07) is 15.0. The fraction of sp³-hybridized carbons (Fsp3) is 0. The largest absolute Gasteiger partial charge is 0.144 e. The number of hydrogen-bond acceptors (Lipinski definition) is 2. The quantitative estimate of drug-likeness (QED) is 0.551. The summed E-state index contributed by atoms with van der Waals surface area (Å²) in [4.78, 5) is 2.63. The molecule has 0 nitrogen and oxygen atoms in total. The highest BCUT2D eigenvalue weighted by Crippen LogP contribution is 2.38. The SMILES string of the molecule is Brc1ccc(-c2cccs2)c(-c2cccs2)c1. The Balaban J connectivity index is 2.22. The van der Waals surface area contributed by atoms with Gasteiger partial charge in [-0.05, 0) is 35.0 Å². The predicted molar refractivity (Wildman–Crippen MR) is 80.8 cm³/mol. The summed E-state index contributed by atoms with van der Waals surface area (Å²) >= 11 is 7.12. The van der Waals surface area contributed by atoms with Gasteiger partial charge in [0.25, 0.3) is 0 Å². The molecule has 2 aromatic heterocycles. The smallest absolute Gasteiger partial charge is 0.0349 e. The Morgan fingerprint density at radius 3 is 2.00 bits per heavy atom. The van der Waals surface area contributed by atoms with E-state index in [-0.39, 0.29) is 0 Å². The van der Waals surface area contributed by atoms with Crippen LogP contribution in [0.15, 0.2) is 57.7 Å². The molecule has 0 aliphatic rings. The first-order valence-electron chi connectivity index (χ1n) is 5.22. The van der Waals surface area contributed by atoms with Crippen LogP contribution in [-0.4, -0.2) is 0 Å². The second-order valence-corrected chi connectivity index (χ2v) is 6.46. The Labute approximate surface area is 117 Å². The number of thiophene rings is 2. The fourth-order valence-electron chi connectivity index (χ4n) is 1.80. The summed E-state index contributed by atoms with van der Waals surface area (Å²) in [6.07, 6.45) is 0. The molecule has 84 valence electrons. The van der Waals surface area contributed by atoms with E-state index in [1.165, 1.54) is 20.9 Å². The molecule has 17 heavy (non-hydrogen) atoms. The van der Waals surface area contributed by atoms with Gasteiger partial charge in [0, 0.05) is 25.4 Å². The van der Waals surface area contributed by atoms with Crippen molar-refractivity contribution in [3.63, 3.8) is 0 Å². The molecule has 3 heteroatoms. The molecule has 0 radical (unpaired) electrons. The molecule has 0 aliphatic heterocycles. The van der Waals surface area contributed by atoms with Gasteiger partial charge in [-0.2, -0.15) is 0 Å². The topological polar surface area (TPSA) is 0 Å².